The Hall–Kier alpha value is -0.350. The van der Waals surface area contributed by atoms with E-state index in [2.05, 4.69) is 46.8 Å². The summed E-state index contributed by atoms with van der Waals surface area (Å²) in [7, 11) is 2.11. The van der Waals surface area contributed by atoms with Gasteiger partial charge < -0.3 is 5.32 Å². The van der Waals surface area contributed by atoms with Crippen LogP contribution in [0.1, 0.15) is 63.8 Å². The van der Waals surface area contributed by atoms with Crippen molar-refractivity contribution in [2.75, 3.05) is 7.05 Å². The molecule has 0 spiro atoms. The van der Waals surface area contributed by atoms with Crippen LogP contribution in [0.3, 0.4) is 0 Å². The van der Waals surface area contributed by atoms with Crippen molar-refractivity contribution in [2.24, 2.45) is 5.92 Å². The fourth-order valence-corrected chi connectivity index (χ4v) is 4.30. The van der Waals surface area contributed by atoms with Crippen LogP contribution in [-0.2, 0) is 19.4 Å². The zero-order valence-electron chi connectivity index (χ0n) is 13.8. The molecular formula is C17H30BrN3. The highest BCUT2D eigenvalue weighted by Crippen LogP contribution is 2.29. The van der Waals surface area contributed by atoms with Gasteiger partial charge in [-0.3, -0.25) is 4.68 Å². The first-order valence-electron chi connectivity index (χ1n) is 8.60. The average Bonchev–Trinajstić information content (AvgIpc) is 2.83. The van der Waals surface area contributed by atoms with E-state index >= 15 is 0 Å². The Morgan fingerprint density at radius 2 is 2.00 bits per heavy atom. The van der Waals surface area contributed by atoms with Crippen LogP contribution < -0.4 is 5.32 Å². The predicted octanol–water partition coefficient (Wildman–Crippen LogP) is 4.33. The summed E-state index contributed by atoms with van der Waals surface area (Å²) < 4.78 is 3.41. The molecule has 1 saturated carbocycles. The monoisotopic (exact) mass is 355 g/mol. The van der Waals surface area contributed by atoms with Gasteiger partial charge in [-0.15, -0.1) is 0 Å². The van der Waals surface area contributed by atoms with Crippen molar-refractivity contribution in [3.8, 4) is 0 Å². The molecular weight excluding hydrogens is 326 g/mol. The topological polar surface area (TPSA) is 29.9 Å². The summed E-state index contributed by atoms with van der Waals surface area (Å²) in [6.45, 7) is 5.31. The highest BCUT2D eigenvalue weighted by Gasteiger charge is 2.22. The number of likely N-dealkylation sites (N-methyl/N-ethyl adjacent to an activating group) is 1. The minimum Gasteiger partial charge on any atom is -0.317 e. The van der Waals surface area contributed by atoms with E-state index in [-0.39, 0.29) is 0 Å². The number of aromatic nitrogens is 2. The van der Waals surface area contributed by atoms with E-state index in [1.165, 1.54) is 54.4 Å². The Morgan fingerprint density at radius 3 is 2.57 bits per heavy atom. The molecule has 1 unspecified atom stereocenters. The second-order valence-electron chi connectivity index (χ2n) is 6.31. The van der Waals surface area contributed by atoms with Crippen LogP contribution in [0.2, 0.25) is 0 Å². The van der Waals surface area contributed by atoms with E-state index in [9.17, 15) is 0 Å². The first-order valence-corrected chi connectivity index (χ1v) is 9.40. The van der Waals surface area contributed by atoms with Gasteiger partial charge >= 0.3 is 0 Å². The molecule has 0 radical (unpaired) electrons. The molecule has 0 aromatic carbocycles. The summed E-state index contributed by atoms with van der Waals surface area (Å²) in [4.78, 5) is 0. The van der Waals surface area contributed by atoms with Crippen LogP contribution >= 0.6 is 15.9 Å². The Bertz CT molecular complexity index is 435. The van der Waals surface area contributed by atoms with Crippen LogP contribution in [0.5, 0.6) is 0 Å². The zero-order valence-corrected chi connectivity index (χ0v) is 15.4. The van der Waals surface area contributed by atoms with E-state index < -0.39 is 0 Å². The molecule has 1 heterocycles. The van der Waals surface area contributed by atoms with Crippen LogP contribution in [0.25, 0.3) is 0 Å². The van der Waals surface area contributed by atoms with Crippen LogP contribution in [0.15, 0.2) is 4.47 Å². The van der Waals surface area contributed by atoms with Gasteiger partial charge in [0, 0.05) is 19.0 Å². The molecule has 3 nitrogen and oxygen atoms in total. The number of halogens is 1. The number of rotatable bonds is 7. The highest BCUT2D eigenvalue weighted by atomic mass is 79.9. The van der Waals surface area contributed by atoms with Crippen molar-refractivity contribution in [3.63, 3.8) is 0 Å². The van der Waals surface area contributed by atoms with Crippen molar-refractivity contribution >= 4 is 15.9 Å². The molecule has 0 aliphatic heterocycles. The number of hydrogen-bond acceptors (Lipinski definition) is 2. The first-order chi connectivity index (χ1) is 10.2. The zero-order chi connectivity index (χ0) is 15.2. The summed E-state index contributed by atoms with van der Waals surface area (Å²) >= 11 is 3.77. The summed E-state index contributed by atoms with van der Waals surface area (Å²) in [5.74, 6) is 0.915. The second kappa shape index (κ2) is 8.33. The number of aryl methyl sites for hydroxylation is 2. The molecule has 2 rings (SSSR count). The van der Waals surface area contributed by atoms with Crippen LogP contribution in [0, 0.1) is 5.92 Å². The molecule has 1 aromatic rings. The molecule has 4 heteroatoms. The van der Waals surface area contributed by atoms with Crippen molar-refractivity contribution in [3.05, 3.63) is 15.9 Å². The van der Waals surface area contributed by atoms with Gasteiger partial charge in [0.2, 0.25) is 0 Å². The molecule has 1 atom stereocenters. The fraction of sp³-hybridized carbons (Fsp3) is 0.824. The van der Waals surface area contributed by atoms with E-state index in [1.54, 1.807) is 0 Å². The van der Waals surface area contributed by atoms with Crippen LogP contribution in [0.4, 0.5) is 0 Å². The van der Waals surface area contributed by atoms with Crippen molar-refractivity contribution < 1.29 is 0 Å². The van der Waals surface area contributed by atoms with E-state index in [0.717, 1.165) is 25.3 Å². The van der Waals surface area contributed by atoms with Gasteiger partial charge in [-0.1, -0.05) is 39.0 Å². The summed E-state index contributed by atoms with van der Waals surface area (Å²) in [5.41, 5.74) is 2.56. The fourth-order valence-electron chi connectivity index (χ4n) is 3.57. The second-order valence-corrected chi connectivity index (χ2v) is 7.10. The van der Waals surface area contributed by atoms with Crippen molar-refractivity contribution in [1.82, 2.24) is 15.1 Å². The molecule has 1 N–H and O–H groups in total. The lowest BCUT2D eigenvalue weighted by atomic mass is 9.84. The van der Waals surface area contributed by atoms with Crippen LogP contribution in [-0.4, -0.2) is 22.9 Å². The Balaban J connectivity index is 2.05. The normalized spacial score (nSPS) is 18.1. The SMILES string of the molecule is CCc1nn(CC)c(CC(CC2CCCCC2)NC)c1Br. The molecule has 120 valence electrons. The van der Waals surface area contributed by atoms with E-state index in [4.69, 9.17) is 5.10 Å². The van der Waals surface area contributed by atoms with Gasteiger partial charge in [0.1, 0.15) is 0 Å². The number of nitrogens with one attached hydrogen (secondary N) is 1. The maximum Gasteiger partial charge on any atom is 0.0766 e. The lowest BCUT2D eigenvalue weighted by Crippen LogP contribution is -2.31. The van der Waals surface area contributed by atoms with E-state index in [1.807, 2.05) is 0 Å². The molecule has 1 aromatic heterocycles. The summed E-state index contributed by atoms with van der Waals surface area (Å²) in [5, 5.41) is 8.26. The van der Waals surface area contributed by atoms with Crippen molar-refractivity contribution in [2.45, 2.75) is 77.8 Å². The number of hydrogen-bond donors (Lipinski definition) is 1. The minimum atomic E-state index is 0.566. The van der Waals surface area contributed by atoms with Gasteiger partial charge in [-0.2, -0.15) is 5.10 Å². The smallest absolute Gasteiger partial charge is 0.0766 e. The van der Waals surface area contributed by atoms with Gasteiger partial charge in [0.15, 0.2) is 0 Å². The molecule has 21 heavy (non-hydrogen) atoms. The molecule has 0 saturated heterocycles. The molecule has 0 bridgehead atoms. The van der Waals surface area contributed by atoms with Gasteiger partial charge in [-0.05, 0) is 48.7 Å². The largest absolute Gasteiger partial charge is 0.317 e. The van der Waals surface area contributed by atoms with E-state index in [0.29, 0.717) is 6.04 Å². The third-order valence-corrected chi connectivity index (χ3v) is 5.80. The molecule has 1 aliphatic carbocycles. The molecule has 1 fully saturated rings. The highest BCUT2D eigenvalue weighted by molar-refractivity contribution is 9.10. The predicted molar refractivity (Wildman–Crippen MR) is 92.7 cm³/mol. The lowest BCUT2D eigenvalue weighted by Gasteiger charge is -2.26. The number of nitrogens with zero attached hydrogens (tertiary/aromatic N) is 2. The van der Waals surface area contributed by atoms with Gasteiger partial charge in [0.05, 0.1) is 15.9 Å². The Kier molecular flexibility index (Phi) is 6.74. The average molecular weight is 356 g/mol. The Morgan fingerprint density at radius 1 is 1.29 bits per heavy atom. The van der Waals surface area contributed by atoms with Gasteiger partial charge in [0.25, 0.3) is 0 Å². The minimum absolute atomic E-state index is 0.566. The maximum atomic E-state index is 4.72. The first kappa shape index (κ1) is 17.0. The molecule has 0 amide bonds. The third-order valence-electron chi connectivity index (χ3n) is 4.88. The quantitative estimate of drug-likeness (QED) is 0.788. The lowest BCUT2D eigenvalue weighted by molar-refractivity contribution is 0.300. The summed E-state index contributed by atoms with van der Waals surface area (Å²) in [6.07, 6.45) is 10.5. The standard InChI is InChI=1S/C17H30BrN3/c1-4-15-17(18)16(21(5-2)20-15)12-14(19-3)11-13-9-7-6-8-10-13/h13-14,19H,4-12H2,1-3H3. The molecule has 1 aliphatic rings. The van der Waals surface area contributed by atoms with Gasteiger partial charge in [-0.25, -0.2) is 0 Å². The third kappa shape index (κ3) is 4.32. The summed E-state index contributed by atoms with van der Waals surface area (Å²) in [6, 6.07) is 0.566. The Labute approximate surface area is 138 Å². The van der Waals surface area contributed by atoms with Crippen molar-refractivity contribution in [1.29, 1.82) is 0 Å². The maximum absolute atomic E-state index is 4.72.